The molecule has 0 fully saturated rings. The van der Waals surface area contributed by atoms with Gasteiger partial charge in [-0.05, 0) is 10.6 Å². The van der Waals surface area contributed by atoms with E-state index in [4.69, 9.17) is 4.74 Å². The molecular weight excluding hydrogens is 208 g/mol. The Morgan fingerprint density at radius 3 is 2.50 bits per heavy atom. The molecule has 0 saturated heterocycles. The zero-order chi connectivity index (χ0) is 12.3. The monoisotopic (exact) mass is 226 g/mol. The molecule has 1 heterocycles. The van der Waals surface area contributed by atoms with Gasteiger partial charge in [-0.3, -0.25) is 4.79 Å². The van der Waals surface area contributed by atoms with Gasteiger partial charge in [-0.25, -0.2) is 0 Å². The van der Waals surface area contributed by atoms with Crippen molar-refractivity contribution < 1.29 is 9.53 Å². The van der Waals surface area contributed by atoms with Crippen molar-refractivity contribution in [2.75, 3.05) is 7.11 Å². The molecule has 6 heteroatoms. The van der Waals surface area contributed by atoms with Crippen molar-refractivity contribution >= 4 is 5.78 Å². The molecule has 1 aromatic rings. The summed E-state index contributed by atoms with van der Waals surface area (Å²) in [7, 11) is 3.20. The smallest absolute Gasteiger partial charge is 0.182 e. The first-order chi connectivity index (χ1) is 7.34. The van der Waals surface area contributed by atoms with Crippen molar-refractivity contribution in [2.24, 2.45) is 12.5 Å². The Kier molecular flexibility index (Phi) is 3.74. The van der Waals surface area contributed by atoms with E-state index in [0.717, 1.165) is 0 Å². The van der Waals surface area contributed by atoms with Gasteiger partial charge in [0.05, 0.1) is 13.5 Å². The SMILES string of the molecule is COC(C(=O)Cc1nnn(C)n1)C(C)(C)C. The number of hydrogen-bond acceptors (Lipinski definition) is 5. The molecule has 1 aromatic heterocycles. The summed E-state index contributed by atoms with van der Waals surface area (Å²) in [5, 5.41) is 11.4. The summed E-state index contributed by atoms with van der Waals surface area (Å²) >= 11 is 0. The topological polar surface area (TPSA) is 69.9 Å². The number of hydrogen-bond donors (Lipinski definition) is 0. The average Bonchev–Trinajstić information content (AvgIpc) is 2.49. The first-order valence-electron chi connectivity index (χ1n) is 5.13. The lowest BCUT2D eigenvalue weighted by molar-refractivity contribution is -0.134. The Bertz CT molecular complexity index is 367. The quantitative estimate of drug-likeness (QED) is 0.742. The van der Waals surface area contributed by atoms with Crippen LogP contribution in [0.1, 0.15) is 26.6 Å². The number of carbonyl (C=O) groups is 1. The molecule has 0 radical (unpaired) electrons. The zero-order valence-electron chi connectivity index (χ0n) is 10.4. The number of methoxy groups -OCH3 is 1. The van der Waals surface area contributed by atoms with Crippen LogP contribution in [0, 0.1) is 5.41 Å². The second-order valence-corrected chi connectivity index (χ2v) is 4.82. The Morgan fingerprint density at radius 1 is 1.50 bits per heavy atom. The number of aryl methyl sites for hydroxylation is 1. The second-order valence-electron chi connectivity index (χ2n) is 4.82. The van der Waals surface area contributed by atoms with Crippen molar-refractivity contribution in [3.8, 4) is 0 Å². The Labute approximate surface area is 95.0 Å². The highest BCUT2D eigenvalue weighted by molar-refractivity contribution is 5.85. The van der Waals surface area contributed by atoms with Crippen LogP contribution in [0.3, 0.4) is 0 Å². The van der Waals surface area contributed by atoms with E-state index in [1.54, 1.807) is 7.05 Å². The van der Waals surface area contributed by atoms with Gasteiger partial charge in [0.2, 0.25) is 0 Å². The summed E-state index contributed by atoms with van der Waals surface area (Å²) in [6.45, 7) is 5.88. The fourth-order valence-corrected chi connectivity index (χ4v) is 1.61. The fourth-order valence-electron chi connectivity index (χ4n) is 1.61. The lowest BCUT2D eigenvalue weighted by Gasteiger charge is -2.27. The molecule has 1 rings (SSSR count). The first kappa shape index (κ1) is 12.8. The van der Waals surface area contributed by atoms with Gasteiger partial charge < -0.3 is 4.74 Å². The minimum Gasteiger partial charge on any atom is -0.373 e. The van der Waals surface area contributed by atoms with Crippen LogP contribution in [0.2, 0.25) is 0 Å². The highest BCUT2D eigenvalue weighted by atomic mass is 16.5. The van der Waals surface area contributed by atoms with Crippen molar-refractivity contribution in [3.63, 3.8) is 0 Å². The molecule has 0 aromatic carbocycles. The maximum Gasteiger partial charge on any atom is 0.182 e. The van der Waals surface area contributed by atoms with Crippen molar-refractivity contribution in [3.05, 3.63) is 5.82 Å². The summed E-state index contributed by atoms with van der Waals surface area (Å²) in [4.78, 5) is 13.3. The van der Waals surface area contributed by atoms with Crippen LogP contribution in [0.15, 0.2) is 0 Å². The average molecular weight is 226 g/mol. The molecule has 0 aliphatic rings. The van der Waals surface area contributed by atoms with Crippen LogP contribution >= 0.6 is 0 Å². The van der Waals surface area contributed by atoms with Crippen LogP contribution < -0.4 is 0 Å². The molecule has 0 aliphatic carbocycles. The molecule has 0 amide bonds. The predicted octanol–water partition coefficient (Wildman–Crippen LogP) is 0.383. The Morgan fingerprint density at radius 2 is 2.12 bits per heavy atom. The Hall–Kier alpha value is -1.30. The number of ketones is 1. The number of carbonyl (C=O) groups excluding carboxylic acids is 1. The van der Waals surface area contributed by atoms with E-state index in [1.165, 1.54) is 11.9 Å². The number of ether oxygens (including phenoxy) is 1. The molecule has 1 atom stereocenters. The second kappa shape index (κ2) is 4.69. The van der Waals surface area contributed by atoms with E-state index in [0.29, 0.717) is 5.82 Å². The molecule has 16 heavy (non-hydrogen) atoms. The molecule has 0 N–H and O–H groups in total. The summed E-state index contributed by atoms with van der Waals surface area (Å²) in [6.07, 6.45) is -0.291. The maximum atomic E-state index is 12.0. The molecule has 1 unspecified atom stereocenters. The minimum absolute atomic E-state index is 0.0250. The third-order valence-corrected chi connectivity index (χ3v) is 2.20. The standard InChI is InChI=1S/C10H18N4O2/c1-10(2,3)9(16-5)7(15)6-8-11-13-14(4)12-8/h9H,6H2,1-5H3. The number of aromatic nitrogens is 4. The van der Waals surface area contributed by atoms with Gasteiger partial charge in [0.25, 0.3) is 0 Å². The lowest BCUT2D eigenvalue weighted by Crippen LogP contribution is -2.37. The van der Waals surface area contributed by atoms with Crippen LogP contribution in [0.4, 0.5) is 0 Å². The third-order valence-electron chi connectivity index (χ3n) is 2.20. The van der Waals surface area contributed by atoms with Gasteiger partial charge in [0, 0.05) is 7.11 Å². The predicted molar refractivity (Wildman–Crippen MR) is 57.8 cm³/mol. The van der Waals surface area contributed by atoms with Crippen molar-refractivity contribution in [1.82, 2.24) is 20.2 Å². The van der Waals surface area contributed by atoms with E-state index in [1.807, 2.05) is 20.8 Å². The number of nitrogens with zero attached hydrogens (tertiary/aromatic N) is 4. The van der Waals surface area contributed by atoms with Crippen molar-refractivity contribution in [1.29, 1.82) is 0 Å². The molecule has 0 saturated carbocycles. The largest absolute Gasteiger partial charge is 0.373 e. The van der Waals surface area contributed by atoms with E-state index in [2.05, 4.69) is 15.4 Å². The summed E-state index contributed by atoms with van der Waals surface area (Å²) < 4.78 is 5.22. The van der Waals surface area contributed by atoms with Gasteiger partial charge in [0.1, 0.15) is 6.10 Å². The minimum atomic E-state index is -0.448. The third kappa shape index (κ3) is 3.10. The maximum absolute atomic E-state index is 12.0. The van der Waals surface area contributed by atoms with Crippen molar-refractivity contribution in [2.45, 2.75) is 33.3 Å². The summed E-state index contributed by atoms with van der Waals surface area (Å²) in [5.41, 5.74) is -0.228. The zero-order valence-corrected chi connectivity index (χ0v) is 10.4. The molecule has 0 aliphatic heterocycles. The van der Waals surface area contributed by atoms with E-state index in [9.17, 15) is 4.79 Å². The summed E-state index contributed by atoms with van der Waals surface area (Å²) in [5.74, 6) is 0.404. The highest BCUT2D eigenvalue weighted by Gasteiger charge is 2.31. The highest BCUT2D eigenvalue weighted by Crippen LogP contribution is 2.23. The van der Waals surface area contributed by atoms with Gasteiger partial charge in [-0.15, -0.1) is 10.2 Å². The van der Waals surface area contributed by atoms with Crippen LogP contribution in [-0.4, -0.2) is 39.2 Å². The molecule has 0 bridgehead atoms. The molecule has 0 spiro atoms. The van der Waals surface area contributed by atoms with Crippen LogP contribution in [0.5, 0.6) is 0 Å². The number of Topliss-reactive ketones (excluding diaryl/α,β-unsaturated/α-hetero) is 1. The fraction of sp³-hybridized carbons (Fsp3) is 0.800. The first-order valence-corrected chi connectivity index (χ1v) is 5.13. The van der Waals surface area contributed by atoms with Gasteiger partial charge in [-0.2, -0.15) is 4.80 Å². The number of tetrazole rings is 1. The van der Waals surface area contributed by atoms with Crippen LogP contribution in [0.25, 0.3) is 0 Å². The molecule has 6 nitrogen and oxygen atoms in total. The molecular formula is C10H18N4O2. The normalized spacial score (nSPS) is 13.8. The lowest BCUT2D eigenvalue weighted by atomic mass is 9.85. The van der Waals surface area contributed by atoms with Gasteiger partial charge in [0.15, 0.2) is 11.6 Å². The van der Waals surface area contributed by atoms with Gasteiger partial charge >= 0.3 is 0 Å². The van der Waals surface area contributed by atoms with Crippen LogP contribution in [-0.2, 0) is 23.0 Å². The number of rotatable bonds is 4. The summed E-state index contributed by atoms with van der Waals surface area (Å²) in [6, 6.07) is 0. The van der Waals surface area contributed by atoms with E-state index >= 15 is 0 Å². The van der Waals surface area contributed by atoms with E-state index in [-0.39, 0.29) is 17.6 Å². The van der Waals surface area contributed by atoms with E-state index < -0.39 is 6.10 Å². The Balaban J connectivity index is 2.71. The van der Waals surface area contributed by atoms with Gasteiger partial charge in [-0.1, -0.05) is 20.8 Å². The molecule has 90 valence electrons.